The maximum Gasteiger partial charge on any atom is 0.343 e. The van der Waals surface area contributed by atoms with E-state index in [0.717, 1.165) is 22.3 Å². The summed E-state index contributed by atoms with van der Waals surface area (Å²) in [4.78, 5) is 35.4. The van der Waals surface area contributed by atoms with Crippen molar-refractivity contribution in [2.24, 2.45) is 10.9 Å². The molecular formula is C23H25N3O5. The molecule has 0 aliphatic heterocycles. The zero-order valence-corrected chi connectivity index (χ0v) is 17.8. The highest BCUT2D eigenvalue weighted by atomic mass is 16.6. The molecule has 1 aromatic heterocycles. The summed E-state index contributed by atoms with van der Waals surface area (Å²) in [5.74, 6) is -1.02. The molecule has 1 amide bonds. The molecule has 8 nitrogen and oxygen atoms in total. The summed E-state index contributed by atoms with van der Waals surface area (Å²) in [5.41, 5.74) is 9.41. The molecular weight excluding hydrogens is 398 g/mol. The van der Waals surface area contributed by atoms with Crippen LogP contribution in [0.3, 0.4) is 0 Å². The fourth-order valence-corrected chi connectivity index (χ4v) is 3.83. The van der Waals surface area contributed by atoms with Crippen LogP contribution in [0.5, 0.6) is 5.75 Å². The number of nitroso groups, excluding NO2 is 1. The number of aryl methyl sites for hydroxylation is 1. The number of benzene rings is 2. The minimum atomic E-state index is -1.38. The van der Waals surface area contributed by atoms with Gasteiger partial charge in [-0.15, -0.1) is 4.91 Å². The van der Waals surface area contributed by atoms with Gasteiger partial charge in [-0.05, 0) is 36.6 Å². The second kappa shape index (κ2) is 9.42. The standard InChI is InChI=1S/C23H25N3O5/c1-4-16-21(22(25-29)23(24)28)20-17(26(16)12-15-8-6-5-7-9-15)10-14(2)11-18(20)31-13-19(27)30-3/h5-11,22H,4,12-13H2,1-3H3,(H2,24,28). The van der Waals surface area contributed by atoms with E-state index in [9.17, 15) is 14.5 Å². The lowest BCUT2D eigenvalue weighted by molar-refractivity contribution is -0.142. The zero-order chi connectivity index (χ0) is 22.5. The van der Waals surface area contributed by atoms with Crippen LogP contribution in [-0.4, -0.2) is 30.2 Å². The second-order valence-corrected chi connectivity index (χ2v) is 7.22. The number of esters is 1. The summed E-state index contributed by atoms with van der Waals surface area (Å²) in [6.07, 6.45) is 0.533. The Balaban J connectivity index is 2.32. The van der Waals surface area contributed by atoms with E-state index in [1.807, 2.05) is 54.8 Å². The number of carbonyl (C=O) groups is 2. The number of methoxy groups -OCH3 is 1. The van der Waals surface area contributed by atoms with Crippen LogP contribution in [-0.2, 0) is 27.3 Å². The SMILES string of the molecule is CCc1c(C(N=O)C(N)=O)c2c(OCC(=O)OC)cc(C)cc2n1Cc1ccccc1. The molecule has 0 aliphatic rings. The highest BCUT2D eigenvalue weighted by Gasteiger charge is 2.30. The van der Waals surface area contributed by atoms with Gasteiger partial charge in [-0.2, -0.15) is 0 Å². The highest BCUT2D eigenvalue weighted by molar-refractivity contribution is 5.97. The van der Waals surface area contributed by atoms with Gasteiger partial charge in [0.25, 0.3) is 5.91 Å². The zero-order valence-electron chi connectivity index (χ0n) is 17.8. The van der Waals surface area contributed by atoms with Gasteiger partial charge in [0.15, 0.2) is 12.6 Å². The fraction of sp³-hybridized carbons (Fsp3) is 0.304. The van der Waals surface area contributed by atoms with Crippen LogP contribution in [0, 0.1) is 11.8 Å². The Bertz CT molecular complexity index is 1120. The molecule has 162 valence electrons. The molecule has 8 heteroatoms. The first-order valence-electron chi connectivity index (χ1n) is 9.92. The molecule has 0 fully saturated rings. The number of aromatic nitrogens is 1. The van der Waals surface area contributed by atoms with E-state index >= 15 is 0 Å². The number of fused-ring (bicyclic) bond motifs is 1. The second-order valence-electron chi connectivity index (χ2n) is 7.22. The van der Waals surface area contributed by atoms with Crippen LogP contribution in [0.2, 0.25) is 0 Å². The average molecular weight is 423 g/mol. The number of amides is 1. The average Bonchev–Trinajstić information content (AvgIpc) is 3.05. The predicted molar refractivity (Wildman–Crippen MR) is 117 cm³/mol. The van der Waals surface area contributed by atoms with E-state index in [2.05, 4.69) is 9.91 Å². The first-order chi connectivity index (χ1) is 14.9. The number of ether oxygens (including phenoxy) is 2. The molecule has 0 bridgehead atoms. The van der Waals surface area contributed by atoms with Crippen molar-refractivity contribution in [1.82, 2.24) is 4.57 Å². The van der Waals surface area contributed by atoms with Crippen molar-refractivity contribution in [2.45, 2.75) is 32.9 Å². The third-order valence-corrected chi connectivity index (χ3v) is 5.16. The van der Waals surface area contributed by atoms with Crippen LogP contribution in [0.25, 0.3) is 10.9 Å². The molecule has 1 unspecified atom stereocenters. The van der Waals surface area contributed by atoms with Crippen LogP contribution in [0.15, 0.2) is 47.6 Å². The number of hydrogen-bond acceptors (Lipinski definition) is 6. The summed E-state index contributed by atoms with van der Waals surface area (Å²) in [6, 6.07) is 12.2. The summed E-state index contributed by atoms with van der Waals surface area (Å²) >= 11 is 0. The molecule has 0 saturated carbocycles. The minimum absolute atomic E-state index is 0.310. The smallest absolute Gasteiger partial charge is 0.343 e. The molecule has 0 spiro atoms. The Hall–Kier alpha value is -3.68. The summed E-state index contributed by atoms with van der Waals surface area (Å²) in [5, 5.41) is 3.57. The molecule has 1 atom stereocenters. The van der Waals surface area contributed by atoms with Crippen LogP contribution < -0.4 is 10.5 Å². The van der Waals surface area contributed by atoms with E-state index < -0.39 is 17.9 Å². The van der Waals surface area contributed by atoms with Gasteiger partial charge in [-0.3, -0.25) is 4.79 Å². The highest BCUT2D eigenvalue weighted by Crippen LogP contribution is 2.40. The van der Waals surface area contributed by atoms with Gasteiger partial charge < -0.3 is 19.8 Å². The van der Waals surface area contributed by atoms with Crippen molar-refractivity contribution >= 4 is 22.8 Å². The van der Waals surface area contributed by atoms with Gasteiger partial charge in [0.2, 0.25) is 0 Å². The maximum absolute atomic E-state index is 12.1. The lowest BCUT2D eigenvalue weighted by Crippen LogP contribution is -2.21. The number of primary amides is 1. The third-order valence-electron chi connectivity index (χ3n) is 5.16. The number of nitrogens with zero attached hydrogens (tertiary/aromatic N) is 2. The summed E-state index contributed by atoms with van der Waals surface area (Å²) in [7, 11) is 1.27. The first kappa shape index (κ1) is 22.0. The molecule has 1 heterocycles. The van der Waals surface area contributed by atoms with Gasteiger partial charge in [-0.1, -0.05) is 42.4 Å². The Labute approximate surface area is 179 Å². The normalized spacial score (nSPS) is 11.8. The molecule has 3 aromatic rings. The number of nitrogens with two attached hydrogens (primary N) is 1. The largest absolute Gasteiger partial charge is 0.481 e. The first-order valence-corrected chi connectivity index (χ1v) is 9.92. The van der Waals surface area contributed by atoms with Gasteiger partial charge in [0.05, 0.1) is 12.6 Å². The van der Waals surface area contributed by atoms with Crippen molar-refractivity contribution in [3.8, 4) is 5.75 Å². The van der Waals surface area contributed by atoms with Crippen molar-refractivity contribution in [1.29, 1.82) is 0 Å². The molecule has 31 heavy (non-hydrogen) atoms. The van der Waals surface area contributed by atoms with Crippen LogP contribution >= 0.6 is 0 Å². The minimum Gasteiger partial charge on any atom is -0.481 e. The van der Waals surface area contributed by atoms with Gasteiger partial charge in [0, 0.05) is 23.2 Å². The van der Waals surface area contributed by atoms with Gasteiger partial charge in [0.1, 0.15) is 5.75 Å². The Kier molecular flexibility index (Phi) is 6.69. The van der Waals surface area contributed by atoms with Crippen LogP contribution in [0.1, 0.15) is 35.3 Å². The molecule has 0 radical (unpaired) electrons. The number of carbonyl (C=O) groups excluding carboxylic acids is 2. The van der Waals surface area contributed by atoms with Crippen molar-refractivity contribution < 1.29 is 19.1 Å². The Morgan fingerprint density at radius 2 is 1.90 bits per heavy atom. The fourth-order valence-electron chi connectivity index (χ4n) is 3.83. The van der Waals surface area contributed by atoms with Crippen molar-refractivity contribution in [3.63, 3.8) is 0 Å². The third kappa shape index (κ3) is 4.42. The summed E-state index contributed by atoms with van der Waals surface area (Å²) in [6.45, 7) is 4.04. The maximum atomic E-state index is 12.1. The Morgan fingerprint density at radius 1 is 1.19 bits per heavy atom. The molecule has 3 rings (SSSR count). The van der Waals surface area contributed by atoms with E-state index in [0.29, 0.717) is 29.7 Å². The van der Waals surface area contributed by atoms with Crippen molar-refractivity contribution in [3.05, 3.63) is 69.8 Å². The molecule has 2 aromatic carbocycles. The van der Waals surface area contributed by atoms with E-state index in [1.54, 1.807) is 6.07 Å². The lowest BCUT2D eigenvalue weighted by Gasteiger charge is -2.12. The van der Waals surface area contributed by atoms with Gasteiger partial charge >= 0.3 is 5.97 Å². The quantitative estimate of drug-likeness (QED) is 0.419. The topological polar surface area (TPSA) is 113 Å². The van der Waals surface area contributed by atoms with E-state index in [4.69, 9.17) is 10.5 Å². The molecule has 0 saturated heterocycles. The Morgan fingerprint density at radius 3 is 2.48 bits per heavy atom. The predicted octanol–water partition coefficient (Wildman–Crippen LogP) is 3.41. The van der Waals surface area contributed by atoms with Crippen LogP contribution in [0.4, 0.5) is 0 Å². The molecule has 0 aliphatic carbocycles. The van der Waals surface area contributed by atoms with E-state index in [-0.39, 0.29) is 6.61 Å². The van der Waals surface area contributed by atoms with E-state index in [1.165, 1.54) is 7.11 Å². The number of rotatable bonds is 9. The lowest BCUT2D eigenvalue weighted by atomic mass is 10.00. The monoisotopic (exact) mass is 423 g/mol. The summed E-state index contributed by atoms with van der Waals surface area (Å²) < 4.78 is 12.5. The van der Waals surface area contributed by atoms with Gasteiger partial charge in [-0.25, -0.2) is 4.79 Å². The number of hydrogen-bond donors (Lipinski definition) is 1. The molecule has 2 N–H and O–H groups in total. The van der Waals surface area contributed by atoms with Crippen molar-refractivity contribution in [2.75, 3.05) is 13.7 Å².